The van der Waals surface area contributed by atoms with E-state index in [0.29, 0.717) is 22.1 Å². The van der Waals surface area contributed by atoms with Crippen LogP contribution in [0, 0.1) is 0 Å². The molecule has 6 rings (SSSR count). The number of nitrogens with two attached hydrogens (primary N) is 3. The maximum absolute atomic E-state index is 13.0. The SMILES string of the molecule is C[C@@H](N)c1ncc(C(=O)Nc2cc(C(F)(F)F)c(Cl)cn2)s1.C[C@@H](NC(=O)c1ncnc(N)c1Cl)c1ncc(C(=O)Nc2cc(C(F)(F)F)c(Cl)cn2)s1.Nc1ncnc(C(=O)O)c1Cl. The fourth-order valence-corrected chi connectivity index (χ4v) is 6.77. The molecule has 2 atom stereocenters. The van der Waals surface area contributed by atoms with Gasteiger partial charge in [-0.1, -0.05) is 46.4 Å². The van der Waals surface area contributed by atoms with Crippen molar-refractivity contribution in [3.8, 4) is 0 Å². The van der Waals surface area contributed by atoms with E-state index in [1.54, 1.807) is 13.8 Å². The molecule has 344 valence electrons. The maximum atomic E-state index is 13.0. The first kappa shape index (κ1) is 51.5. The third kappa shape index (κ3) is 13.9. The second-order valence-electron chi connectivity index (χ2n) is 12.3. The molecule has 0 aliphatic heterocycles. The van der Waals surface area contributed by atoms with Crippen LogP contribution in [0.4, 0.5) is 49.6 Å². The molecule has 0 saturated heterocycles. The molecule has 10 N–H and O–H groups in total. The Labute approximate surface area is 388 Å². The zero-order valence-electron chi connectivity index (χ0n) is 32.3. The number of aromatic nitrogens is 8. The smallest absolute Gasteiger partial charge is 0.418 e. The quantitative estimate of drug-likeness (QED) is 0.0678. The van der Waals surface area contributed by atoms with E-state index < -0.39 is 63.3 Å². The number of nitrogens with one attached hydrogen (secondary N) is 3. The van der Waals surface area contributed by atoms with Gasteiger partial charge in [-0.05, 0) is 26.0 Å². The summed E-state index contributed by atoms with van der Waals surface area (Å²) in [6, 6.07) is 0.319. The molecule has 3 amide bonds. The number of alkyl halides is 6. The number of halogens is 10. The number of pyridine rings is 2. The number of carboxylic acids is 1. The lowest BCUT2D eigenvalue weighted by molar-refractivity contribution is -0.138. The van der Waals surface area contributed by atoms with Crippen molar-refractivity contribution in [3.05, 3.63) is 112 Å². The average Bonchev–Trinajstić information content (AvgIpc) is 3.93. The number of nitrogens with zero attached hydrogens (tertiary/aromatic N) is 8. The minimum Gasteiger partial charge on any atom is -0.476 e. The summed E-state index contributed by atoms with van der Waals surface area (Å²) in [4.78, 5) is 77.1. The van der Waals surface area contributed by atoms with Gasteiger partial charge < -0.3 is 38.3 Å². The van der Waals surface area contributed by atoms with Gasteiger partial charge in [0.25, 0.3) is 17.7 Å². The van der Waals surface area contributed by atoms with Gasteiger partial charge in [-0.3, -0.25) is 14.4 Å². The van der Waals surface area contributed by atoms with E-state index in [1.807, 2.05) is 0 Å². The predicted molar refractivity (Wildman–Crippen MR) is 227 cm³/mol. The van der Waals surface area contributed by atoms with E-state index >= 15 is 0 Å². The second kappa shape index (κ2) is 21.7. The molecule has 6 aromatic heterocycles. The molecule has 0 aliphatic carbocycles. The molecule has 0 saturated carbocycles. The van der Waals surface area contributed by atoms with Gasteiger partial charge in [0.2, 0.25) is 0 Å². The predicted octanol–water partition coefficient (Wildman–Crippen LogP) is 7.87. The van der Waals surface area contributed by atoms with Crippen molar-refractivity contribution in [2.75, 3.05) is 22.1 Å². The average molecular weight is 1030 g/mol. The van der Waals surface area contributed by atoms with Crippen LogP contribution in [0.25, 0.3) is 0 Å². The van der Waals surface area contributed by atoms with E-state index in [4.69, 9.17) is 68.7 Å². The van der Waals surface area contributed by atoms with Gasteiger partial charge in [-0.2, -0.15) is 26.3 Å². The van der Waals surface area contributed by atoms with Gasteiger partial charge in [-0.15, -0.1) is 22.7 Å². The molecule has 0 bridgehead atoms. The Balaban J connectivity index is 0.000000241. The summed E-state index contributed by atoms with van der Waals surface area (Å²) in [6.07, 6.45) is -3.06. The van der Waals surface area contributed by atoms with Crippen molar-refractivity contribution in [2.45, 2.75) is 38.3 Å². The standard InChI is InChI=1S/C17H12Cl2F3N7O2S.C12H10ClF3N4OS.C5H4ClN3O2/c1-6(28-15(31)12-11(19)13(23)27-5-26-12)16-25-4-9(32-16)14(30)29-10-2-7(17(20,21)22)8(18)3-24-10;1-5(17)11-19-4-8(22-11)10(21)20-9-2-6(12(14,15)16)7(13)3-18-9;6-2-3(5(10)11)8-1-9-4(2)7/h2-6H,1H3,(H,28,31)(H2,23,26,27)(H,24,29,30);2-5H,17H2,1H3,(H,18,20,21);1H,(H,10,11)(H2,7,8,9)/t6-;5-;/m11./s1. The molecule has 31 heteroatoms. The third-order valence-corrected chi connectivity index (χ3v) is 11.2. The van der Waals surface area contributed by atoms with Crippen molar-refractivity contribution in [1.82, 2.24) is 45.2 Å². The number of thiazole rings is 2. The molecule has 6 aromatic rings. The zero-order valence-corrected chi connectivity index (χ0v) is 36.9. The van der Waals surface area contributed by atoms with Gasteiger partial charge in [0.1, 0.15) is 65.7 Å². The Morgan fingerprint density at radius 1 is 0.631 bits per heavy atom. The molecule has 6 heterocycles. The monoisotopic (exact) mass is 1030 g/mol. The maximum Gasteiger partial charge on any atom is 0.418 e. The summed E-state index contributed by atoms with van der Waals surface area (Å²) in [6.45, 7) is 3.31. The summed E-state index contributed by atoms with van der Waals surface area (Å²) in [5.41, 5.74) is 13.8. The number of amides is 3. The van der Waals surface area contributed by atoms with Gasteiger partial charge in [0.15, 0.2) is 11.4 Å². The molecule has 0 aliphatic rings. The molecule has 0 aromatic carbocycles. The van der Waals surface area contributed by atoms with E-state index in [2.05, 4.69) is 55.8 Å². The number of aromatic carboxylic acids is 1. The minimum absolute atomic E-state index is 0.0286. The molecule has 65 heavy (non-hydrogen) atoms. The Bertz CT molecular complexity index is 2730. The van der Waals surface area contributed by atoms with Crippen LogP contribution in [0.2, 0.25) is 20.1 Å². The van der Waals surface area contributed by atoms with Gasteiger partial charge >= 0.3 is 18.3 Å². The minimum atomic E-state index is -4.71. The summed E-state index contributed by atoms with van der Waals surface area (Å²) >= 11 is 24.3. The molecule has 19 nitrogen and oxygen atoms in total. The fourth-order valence-electron chi connectivity index (χ4n) is 4.40. The van der Waals surface area contributed by atoms with Crippen molar-refractivity contribution < 1.29 is 50.6 Å². The molecule has 0 radical (unpaired) electrons. The number of carbonyl (C=O) groups excluding carboxylic acids is 3. The summed E-state index contributed by atoms with van der Waals surface area (Å²) < 4.78 is 77.1. The first-order chi connectivity index (χ1) is 30.3. The van der Waals surface area contributed by atoms with Crippen molar-refractivity contribution in [2.24, 2.45) is 5.73 Å². The molecule has 0 spiro atoms. The van der Waals surface area contributed by atoms with E-state index in [1.165, 1.54) is 12.4 Å². The first-order valence-electron chi connectivity index (χ1n) is 17.1. The van der Waals surface area contributed by atoms with E-state index in [-0.39, 0.29) is 60.5 Å². The normalized spacial score (nSPS) is 12.1. The fraction of sp³-hybridized carbons (Fsp3) is 0.176. The number of anilines is 4. The van der Waals surface area contributed by atoms with Gasteiger partial charge in [0.05, 0.1) is 45.6 Å². The summed E-state index contributed by atoms with van der Waals surface area (Å²) in [5.74, 6) is -3.88. The third-order valence-electron chi connectivity index (χ3n) is 7.46. The van der Waals surface area contributed by atoms with Crippen LogP contribution in [0.15, 0.2) is 49.6 Å². The molecular formula is C34H26Cl4F6N14O5S2. The number of nitrogen functional groups attached to an aromatic ring is 2. The Hall–Kier alpha value is -6.10. The lowest BCUT2D eigenvalue weighted by Gasteiger charge is -2.12. The van der Waals surface area contributed by atoms with Crippen LogP contribution in [0.5, 0.6) is 0 Å². The van der Waals surface area contributed by atoms with Crippen LogP contribution < -0.4 is 33.2 Å². The van der Waals surface area contributed by atoms with Crippen LogP contribution in [-0.2, 0) is 12.4 Å². The highest BCUT2D eigenvalue weighted by molar-refractivity contribution is 7.14. The topological polar surface area (TPSA) is 306 Å². The van der Waals surface area contributed by atoms with Gasteiger partial charge in [-0.25, -0.2) is 44.7 Å². The van der Waals surface area contributed by atoms with E-state index in [9.17, 15) is 45.5 Å². The lowest BCUT2D eigenvalue weighted by atomic mass is 10.2. The Morgan fingerprint density at radius 3 is 1.45 bits per heavy atom. The highest BCUT2D eigenvalue weighted by atomic mass is 35.5. The second-order valence-corrected chi connectivity index (χ2v) is 16.0. The summed E-state index contributed by atoms with van der Waals surface area (Å²) in [7, 11) is 0. The van der Waals surface area contributed by atoms with Crippen molar-refractivity contribution in [3.63, 3.8) is 0 Å². The highest BCUT2D eigenvalue weighted by Crippen LogP contribution is 2.37. The number of carboxylic acid groups (broad SMARTS) is 1. The Morgan fingerprint density at radius 2 is 1.05 bits per heavy atom. The van der Waals surface area contributed by atoms with Gasteiger partial charge in [0, 0.05) is 12.4 Å². The largest absolute Gasteiger partial charge is 0.476 e. The molecular weight excluding hydrogens is 1000 g/mol. The van der Waals surface area contributed by atoms with Crippen LogP contribution in [0.1, 0.15) is 87.4 Å². The van der Waals surface area contributed by atoms with Crippen LogP contribution in [0.3, 0.4) is 0 Å². The summed E-state index contributed by atoms with van der Waals surface area (Å²) in [5, 5.41) is 15.1. The number of hydrogen-bond donors (Lipinski definition) is 7. The van der Waals surface area contributed by atoms with Crippen molar-refractivity contribution >= 4 is 116 Å². The van der Waals surface area contributed by atoms with Crippen molar-refractivity contribution in [1.29, 1.82) is 0 Å². The van der Waals surface area contributed by atoms with Crippen LogP contribution in [-0.4, -0.2) is 68.7 Å². The first-order valence-corrected chi connectivity index (χ1v) is 20.2. The van der Waals surface area contributed by atoms with E-state index in [0.717, 1.165) is 47.7 Å². The lowest BCUT2D eigenvalue weighted by Crippen LogP contribution is -2.28. The Kier molecular flexibility index (Phi) is 17.2. The van der Waals surface area contributed by atoms with Crippen LogP contribution >= 0.6 is 69.1 Å². The highest BCUT2D eigenvalue weighted by Gasteiger charge is 2.35. The molecule has 0 unspecified atom stereocenters. The number of carbonyl (C=O) groups is 4. The number of hydrogen-bond acceptors (Lipinski definition) is 17. The molecule has 0 fully saturated rings. The zero-order chi connectivity index (χ0) is 48.6. The number of rotatable bonds is 9.